The van der Waals surface area contributed by atoms with Crippen LogP contribution in [0.4, 0.5) is 4.39 Å². The van der Waals surface area contributed by atoms with Gasteiger partial charge in [-0.05, 0) is 24.3 Å². The monoisotopic (exact) mass is 338 g/mol. The zero-order chi connectivity index (χ0) is 14.5. The van der Waals surface area contributed by atoms with E-state index in [0.717, 1.165) is 4.47 Å². The minimum absolute atomic E-state index is 0.154. The summed E-state index contributed by atoms with van der Waals surface area (Å²) in [5, 5.41) is 0. The lowest BCUT2D eigenvalue weighted by molar-refractivity contribution is 0.0597. The van der Waals surface area contributed by atoms with Crippen LogP contribution < -0.4 is 4.74 Å². The number of methoxy groups -OCH3 is 1. The molecule has 0 fully saturated rings. The molecule has 2 rings (SSSR count). The highest BCUT2D eigenvalue weighted by molar-refractivity contribution is 9.10. The Morgan fingerprint density at radius 3 is 2.75 bits per heavy atom. The zero-order valence-electron chi connectivity index (χ0n) is 10.7. The van der Waals surface area contributed by atoms with Gasteiger partial charge in [-0.15, -0.1) is 0 Å². The van der Waals surface area contributed by atoms with Gasteiger partial charge in [-0.3, -0.25) is 0 Å². The summed E-state index contributed by atoms with van der Waals surface area (Å²) in [4.78, 5) is 11.7. The molecule has 0 aliphatic rings. The lowest BCUT2D eigenvalue weighted by atomic mass is 10.1. The molecule has 0 aromatic heterocycles. The molecule has 2 aromatic carbocycles. The first-order valence-corrected chi connectivity index (χ1v) is 6.64. The molecule has 0 saturated heterocycles. The molecular weight excluding hydrogens is 327 g/mol. The summed E-state index contributed by atoms with van der Waals surface area (Å²) < 4.78 is 24.0. The smallest absolute Gasteiger partial charge is 0.338 e. The van der Waals surface area contributed by atoms with Crippen molar-refractivity contribution >= 4 is 21.9 Å². The highest BCUT2D eigenvalue weighted by Crippen LogP contribution is 2.20. The first-order chi connectivity index (χ1) is 9.60. The van der Waals surface area contributed by atoms with E-state index in [4.69, 9.17) is 9.47 Å². The van der Waals surface area contributed by atoms with E-state index in [1.165, 1.54) is 19.2 Å². The molecule has 0 spiro atoms. The topological polar surface area (TPSA) is 35.5 Å². The number of benzene rings is 2. The second kappa shape index (κ2) is 6.52. The second-order valence-corrected chi connectivity index (χ2v) is 4.95. The molecule has 3 nitrogen and oxygen atoms in total. The molecule has 20 heavy (non-hydrogen) atoms. The SMILES string of the molecule is COC(=O)c1cc(Br)ccc1COc1cccc(F)c1. The van der Waals surface area contributed by atoms with Gasteiger partial charge in [0.15, 0.2) is 0 Å². The molecular formula is C15H12BrFO3. The van der Waals surface area contributed by atoms with Gasteiger partial charge in [-0.2, -0.15) is 0 Å². The summed E-state index contributed by atoms with van der Waals surface area (Å²) >= 11 is 3.30. The van der Waals surface area contributed by atoms with E-state index in [-0.39, 0.29) is 12.4 Å². The van der Waals surface area contributed by atoms with Crippen molar-refractivity contribution in [1.29, 1.82) is 0 Å². The van der Waals surface area contributed by atoms with Crippen molar-refractivity contribution in [3.63, 3.8) is 0 Å². The molecule has 0 heterocycles. The number of hydrogen-bond acceptors (Lipinski definition) is 3. The first-order valence-electron chi connectivity index (χ1n) is 5.85. The third-order valence-corrected chi connectivity index (χ3v) is 3.16. The number of ether oxygens (including phenoxy) is 2. The fourth-order valence-electron chi connectivity index (χ4n) is 1.69. The van der Waals surface area contributed by atoms with Crippen molar-refractivity contribution in [2.45, 2.75) is 6.61 Å². The van der Waals surface area contributed by atoms with Gasteiger partial charge >= 0.3 is 5.97 Å². The maximum atomic E-state index is 13.0. The molecule has 5 heteroatoms. The molecule has 0 atom stereocenters. The minimum atomic E-state index is -0.441. The van der Waals surface area contributed by atoms with Crippen LogP contribution >= 0.6 is 15.9 Å². The van der Waals surface area contributed by atoms with E-state index in [1.54, 1.807) is 30.3 Å². The second-order valence-electron chi connectivity index (χ2n) is 4.04. The molecule has 0 aliphatic carbocycles. The van der Waals surface area contributed by atoms with Crippen molar-refractivity contribution in [1.82, 2.24) is 0 Å². The molecule has 0 amide bonds. The predicted molar refractivity (Wildman–Crippen MR) is 76.2 cm³/mol. The first kappa shape index (κ1) is 14.5. The minimum Gasteiger partial charge on any atom is -0.489 e. The van der Waals surface area contributed by atoms with E-state index in [9.17, 15) is 9.18 Å². The van der Waals surface area contributed by atoms with Gasteiger partial charge in [-0.25, -0.2) is 9.18 Å². The average molecular weight is 339 g/mol. The maximum Gasteiger partial charge on any atom is 0.338 e. The van der Waals surface area contributed by atoms with E-state index >= 15 is 0 Å². The van der Waals surface area contributed by atoms with Crippen LogP contribution in [0.1, 0.15) is 15.9 Å². The number of hydrogen-bond donors (Lipinski definition) is 0. The molecule has 0 unspecified atom stereocenters. The van der Waals surface area contributed by atoms with Crippen LogP contribution in [0.5, 0.6) is 5.75 Å². The summed E-state index contributed by atoms with van der Waals surface area (Å²) in [6, 6.07) is 11.1. The van der Waals surface area contributed by atoms with Crippen LogP contribution in [-0.4, -0.2) is 13.1 Å². The third kappa shape index (κ3) is 3.57. The van der Waals surface area contributed by atoms with Gasteiger partial charge < -0.3 is 9.47 Å². The molecule has 0 saturated carbocycles. The fraction of sp³-hybridized carbons (Fsp3) is 0.133. The van der Waals surface area contributed by atoms with Crippen molar-refractivity contribution in [2.75, 3.05) is 7.11 Å². The molecule has 104 valence electrons. The largest absolute Gasteiger partial charge is 0.489 e. The number of esters is 1. The number of halogens is 2. The Bertz CT molecular complexity index is 628. The normalized spacial score (nSPS) is 10.2. The Labute approximate surface area is 124 Å². The van der Waals surface area contributed by atoms with E-state index in [2.05, 4.69) is 15.9 Å². The maximum absolute atomic E-state index is 13.0. The Morgan fingerprint density at radius 2 is 2.05 bits per heavy atom. The van der Waals surface area contributed by atoms with Crippen molar-refractivity contribution in [3.8, 4) is 5.75 Å². The lowest BCUT2D eigenvalue weighted by Crippen LogP contribution is -2.08. The lowest BCUT2D eigenvalue weighted by Gasteiger charge is -2.10. The van der Waals surface area contributed by atoms with Crippen LogP contribution in [0.25, 0.3) is 0 Å². The van der Waals surface area contributed by atoms with Gasteiger partial charge in [0.2, 0.25) is 0 Å². The molecule has 0 bridgehead atoms. The van der Waals surface area contributed by atoms with Crippen LogP contribution in [0.3, 0.4) is 0 Å². The van der Waals surface area contributed by atoms with Gasteiger partial charge in [0.1, 0.15) is 18.2 Å². The summed E-state index contributed by atoms with van der Waals surface area (Å²) in [5.41, 5.74) is 1.09. The summed E-state index contributed by atoms with van der Waals surface area (Å²) in [5.74, 6) is -0.403. The van der Waals surface area contributed by atoms with E-state index in [0.29, 0.717) is 16.9 Å². The van der Waals surface area contributed by atoms with Gasteiger partial charge in [0, 0.05) is 16.1 Å². The molecule has 2 aromatic rings. The van der Waals surface area contributed by atoms with Crippen molar-refractivity contribution in [3.05, 3.63) is 63.9 Å². The average Bonchev–Trinajstić information content (AvgIpc) is 2.45. The predicted octanol–water partition coefficient (Wildman–Crippen LogP) is 3.95. The zero-order valence-corrected chi connectivity index (χ0v) is 12.3. The van der Waals surface area contributed by atoms with Gasteiger partial charge in [-0.1, -0.05) is 28.1 Å². The standard InChI is InChI=1S/C15H12BrFO3/c1-19-15(18)14-7-11(16)6-5-10(14)9-20-13-4-2-3-12(17)8-13/h2-8H,9H2,1H3. The molecule has 0 radical (unpaired) electrons. The quantitative estimate of drug-likeness (QED) is 0.791. The van der Waals surface area contributed by atoms with Crippen LogP contribution in [0, 0.1) is 5.82 Å². The van der Waals surface area contributed by atoms with E-state index < -0.39 is 5.97 Å². The van der Waals surface area contributed by atoms with Gasteiger partial charge in [0.05, 0.1) is 12.7 Å². The number of carbonyl (C=O) groups is 1. The van der Waals surface area contributed by atoms with Crippen LogP contribution in [0.2, 0.25) is 0 Å². The Hall–Kier alpha value is -1.88. The number of rotatable bonds is 4. The van der Waals surface area contributed by atoms with Crippen molar-refractivity contribution < 1.29 is 18.7 Å². The fourth-order valence-corrected chi connectivity index (χ4v) is 2.05. The van der Waals surface area contributed by atoms with Gasteiger partial charge in [0.25, 0.3) is 0 Å². The Kier molecular flexibility index (Phi) is 4.74. The summed E-state index contributed by atoms with van der Waals surface area (Å²) in [6.07, 6.45) is 0. The third-order valence-electron chi connectivity index (χ3n) is 2.67. The molecule has 0 aliphatic heterocycles. The number of carbonyl (C=O) groups excluding carboxylic acids is 1. The molecule has 0 N–H and O–H groups in total. The summed E-state index contributed by atoms with van der Waals surface area (Å²) in [7, 11) is 1.32. The highest BCUT2D eigenvalue weighted by atomic mass is 79.9. The van der Waals surface area contributed by atoms with E-state index in [1.807, 2.05) is 0 Å². The summed E-state index contributed by atoms with van der Waals surface area (Å²) in [6.45, 7) is 0.154. The Balaban J connectivity index is 2.19. The van der Waals surface area contributed by atoms with Crippen LogP contribution in [0.15, 0.2) is 46.9 Å². The Morgan fingerprint density at radius 1 is 1.25 bits per heavy atom. The van der Waals surface area contributed by atoms with Crippen molar-refractivity contribution in [2.24, 2.45) is 0 Å². The van der Waals surface area contributed by atoms with Crippen LogP contribution in [-0.2, 0) is 11.3 Å². The highest BCUT2D eigenvalue weighted by Gasteiger charge is 2.13.